The van der Waals surface area contributed by atoms with Gasteiger partial charge in [0, 0.05) is 6.42 Å². The van der Waals surface area contributed by atoms with Crippen LogP contribution in [-0.2, 0) is 4.79 Å². The smallest absolute Gasteiger partial charge is 0.220 e. The standard InChI is InChI=1S/C40H77NO3/c1-3-5-7-9-11-13-15-17-19-20-21-22-23-25-27-29-31-33-35-39(43)38(37-42)41-40(44)36-34-32-30-28-26-24-18-16-14-12-10-8-6-4-2/h16,18,33,35,38-39,42-43H,3-15,17,19-32,34,36-37H2,1-2H3,(H,41,44)/b18-16-,35-33+. The van der Waals surface area contributed by atoms with Crippen LogP contribution in [0.25, 0.3) is 0 Å². The third kappa shape index (κ3) is 32.3. The monoisotopic (exact) mass is 620 g/mol. The van der Waals surface area contributed by atoms with Crippen molar-refractivity contribution in [3.63, 3.8) is 0 Å². The van der Waals surface area contributed by atoms with Gasteiger partial charge in [-0.2, -0.15) is 0 Å². The van der Waals surface area contributed by atoms with Gasteiger partial charge in [-0.3, -0.25) is 4.79 Å². The van der Waals surface area contributed by atoms with Crippen molar-refractivity contribution < 1.29 is 15.0 Å². The summed E-state index contributed by atoms with van der Waals surface area (Å²) in [6.45, 7) is 4.29. The van der Waals surface area contributed by atoms with Gasteiger partial charge in [0.25, 0.3) is 0 Å². The minimum absolute atomic E-state index is 0.0730. The highest BCUT2D eigenvalue weighted by Crippen LogP contribution is 2.14. The minimum atomic E-state index is -0.839. The second kappa shape index (κ2) is 36.3. The number of carbonyl (C=O) groups is 1. The molecule has 0 saturated heterocycles. The van der Waals surface area contributed by atoms with Gasteiger partial charge in [0.05, 0.1) is 18.8 Å². The molecule has 0 fully saturated rings. The maximum atomic E-state index is 12.3. The molecule has 0 aromatic rings. The van der Waals surface area contributed by atoms with Gasteiger partial charge < -0.3 is 15.5 Å². The molecular weight excluding hydrogens is 542 g/mol. The van der Waals surface area contributed by atoms with Crippen LogP contribution in [0.2, 0.25) is 0 Å². The molecule has 0 aliphatic heterocycles. The molecule has 3 N–H and O–H groups in total. The highest BCUT2D eigenvalue weighted by molar-refractivity contribution is 5.76. The Balaban J connectivity index is 3.60. The molecule has 44 heavy (non-hydrogen) atoms. The Kier molecular flexibility index (Phi) is 35.4. The molecule has 0 aromatic carbocycles. The number of amides is 1. The second-order valence-corrected chi connectivity index (χ2v) is 13.3. The quantitative estimate of drug-likeness (QED) is 0.0488. The summed E-state index contributed by atoms with van der Waals surface area (Å²) in [6, 6.07) is -0.622. The highest BCUT2D eigenvalue weighted by Gasteiger charge is 2.17. The first kappa shape index (κ1) is 42.9. The number of nitrogens with one attached hydrogen (secondary N) is 1. The van der Waals surface area contributed by atoms with Gasteiger partial charge in [-0.15, -0.1) is 0 Å². The molecule has 0 aliphatic rings. The molecule has 0 aliphatic carbocycles. The fourth-order valence-electron chi connectivity index (χ4n) is 5.88. The Labute approximate surface area is 275 Å². The van der Waals surface area contributed by atoms with Crippen LogP contribution in [-0.4, -0.2) is 34.9 Å². The van der Waals surface area contributed by atoms with Gasteiger partial charge in [0.1, 0.15) is 0 Å². The maximum absolute atomic E-state index is 12.3. The van der Waals surface area contributed by atoms with Gasteiger partial charge >= 0.3 is 0 Å². The molecule has 4 nitrogen and oxygen atoms in total. The van der Waals surface area contributed by atoms with E-state index in [0.29, 0.717) is 6.42 Å². The highest BCUT2D eigenvalue weighted by atomic mass is 16.3. The van der Waals surface area contributed by atoms with Crippen LogP contribution in [0.4, 0.5) is 0 Å². The third-order valence-electron chi connectivity index (χ3n) is 8.93. The second-order valence-electron chi connectivity index (χ2n) is 13.3. The number of hydrogen-bond acceptors (Lipinski definition) is 3. The largest absolute Gasteiger partial charge is 0.394 e. The van der Waals surface area contributed by atoms with E-state index in [0.717, 1.165) is 32.1 Å². The first-order chi connectivity index (χ1) is 21.7. The summed E-state index contributed by atoms with van der Waals surface area (Å²) in [6.07, 6.45) is 45.5. The molecule has 2 unspecified atom stereocenters. The van der Waals surface area contributed by atoms with E-state index in [4.69, 9.17) is 0 Å². The molecule has 0 spiro atoms. The lowest BCUT2D eigenvalue weighted by Crippen LogP contribution is -2.45. The molecule has 0 saturated carbocycles. The van der Waals surface area contributed by atoms with E-state index >= 15 is 0 Å². The Morgan fingerprint density at radius 2 is 0.864 bits per heavy atom. The number of unbranched alkanes of at least 4 members (excludes halogenated alkanes) is 26. The number of rotatable bonds is 35. The number of hydrogen-bond donors (Lipinski definition) is 3. The van der Waals surface area contributed by atoms with Crippen molar-refractivity contribution in [1.82, 2.24) is 5.32 Å². The first-order valence-electron chi connectivity index (χ1n) is 19.6. The van der Waals surface area contributed by atoms with Crippen molar-refractivity contribution >= 4 is 5.91 Å². The van der Waals surface area contributed by atoms with E-state index in [9.17, 15) is 15.0 Å². The van der Waals surface area contributed by atoms with Crippen molar-refractivity contribution in [1.29, 1.82) is 0 Å². The Morgan fingerprint density at radius 3 is 1.25 bits per heavy atom. The molecular formula is C40H77NO3. The minimum Gasteiger partial charge on any atom is -0.394 e. The summed E-state index contributed by atoms with van der Waals surface area (Å²) in [5.41, 5.74) is 0. The van der Waals surface area contributed by atoms with E-state index in [1.165, 1.54) is 154 Å². The number of carbonyl (C=O) groups excluding carboxylic acids is 1. The zero-order valence-electron chi connectivity index (χ0n) is 29.7. The van der Waals surface area contributed by atoms with Gasteiger partial charge in [0.15, 0.2) is 0 Å². The summed E-state index contributed by atoms with van der Waals surface area (Å²) in [5, 5.41) is 22.9. The number of aliphatic hydroxyl groups excluding tert-OH is 2. The van der Waals surface area contributed by atoms with Crippen LogP contribution in [0.5, 0.6) is 0 Å². The number of allylic oxidation sites excluding steroid dienone is 3. The van der Waals surface area contributed by atoms with Crippen LogP contribution in [0, 0.1) is 0 Å². The fourth-order valence-corrected chi connectivity index (χ4v) is 5.88. The maximum Gasteiger partial charge on any atom is 0.220 e. The predicted molar refractivity (Wildman–Crippen MR) is 193 cm³/mol. The zero-order chi connectivity index (χ0) is 32.2. The average Bonchev–Trinajstić information content (AvgIpc) is 3.03. The molecule has 2 atom stereocenters. The van der Waals surface area contributed by atoms with Crippen LogP contribution in [0.1, 0.15) is 206 Å². The van der Waals surface area contributed by atoms with Crippen molar-refractivity contribution in [3.05, 3.63) is 24.3 Å². The normalized spacial score (nSPS) is 13.3. The molecule has 0 aromatic heterocycles. The molecule has 1 amide bonds. The van der Waals surface area contributed by atoms with Gasteiger partial charge in [-0.05, 0) is 44.9 Å². The summed E-state index contributed by atoms with van der Waals surface area (Å²) in [4.78, 5) is 12.3. The van der Waals surface area contributed by atoms with Crippen LogP contribution in [0.15, 0.2) is 24.3 Å². The SMILES string of the molecule is CCCCCCC/C=C\CCCCCCCC(=O)NC(CO)C(O)/C=C/CCCCCCCCCCCCCCCCCC. The zero-order valence-corrected chi connectivity index (χ0v) is 29.7. The predicted octanol–water partition coefficient (Wildman–Crippen LogP) is 11.7. The van der Waals surface area contributed by atoms with Crippen molar-refractivity contribution in [3.8, 4) is 0 Å². The summed E-state index contributed by atoms with van der Waals surface area (Å²) in [5.74, 6) is -0.0730. The summed E-state index contributed by atoms with van der Waals surface area (Å²) in [7, 11) is 0. The van der Waals surface area contributed by atoms with Crippen molar-refractivity contribution in [2.45, 2.75) is 219 Å². The Bertz CT molecular complexity index is 632. The molecule has 0 bridgehead atoms. The molecule has 260 valence electrons. The van der Waals surface area contributed by atoms with E-state index in [-0.39, 0.29) is 12.5 Å². The summed E-state index contributed by atoms with van der Waals surface area (Å²) >= 11 is 0. The van der Waals surface area contributed by atoms with E-state index in [2.05, 4.69) is 31.3 Å². The molecule has 0 rings (SSSR count). The van der Waals surface area contributed by atoms with E-state index < -0.39 is 12.1 Å². The number of aliphatic hydroxyl groups is 2. The topological polar surface area (TPSA) is 69.6 Å². The average molecular weight is 620 g/mol. The van der Waals surface area contributed by atoms with E-state index in [1.54, 1.807) is 6.08 Å². The lowest BCUT2D eigenvalue weighted by Gasteiger charge is -2.20. The third-order valence-corrected chi connectivity index (χ3v) is 8.93. The van der Waals surface area contributed by atoms with Gasteiger partial charge in [-0.25, -0.2) is 0 Å². The van der Waals surface area contributed by atoms with E-state index in [1.807, 2.05) is 6.08 Å². The molecule has 0 radical (unpaired) electrons. The van der Waals surface area contributed by atoms with Gasteiger partial charge in [-0.1, -0.05) is 179 Å². The fraction of sp³-hybridized carbons (Fsp3) is 0.875. The van der Waals surface area contributed by atoms with Crippen LogP contribution < -0.4 is 5.32 Å². The Morgan fingerprint density at radius 1 is 0.523 bits per heavy atom. The first-order valence-corrected chi connectivity index (χ1v) is 19.6. The molecule has 0 heterocycles. The van der Waals surface area contributed by atoms with Crippen molar-refractivity contribution in [2.75, 3.05) is 6.61 Å². The van der Waals surface area contributed by atoms with Crippen molar-refractivity contribution in [2.24, 2.45) is 0 Å². The van der Waals surface area contributed by atoms with Gasteiger partial charge in [0.2, 0.25) is 5.91 Å². The summed E-state index contributed by atoms with van der Waals surface area (Å²) < 4.78 is 0. The van der Waals surface area contributed by atoms with Crippen LogP contribution >= 0.6 is 0 Å². The lowest BCUT2D eigenvalue weighted by molar-refractivity contribution is -0.123. The molecule has 4 heteroatoms. The lowest BCUT2D eigenvalue weighted by atomic mass is 10.0. The Hall–Kier alpha value is -1.13. The van der Waals surface area contributed by atoms with Crippen LogP contribution in [0.3, 0.4) is 0 Å².